The van der Waals surface area contributed by atoms with Gasteiger partial charge in [0.1, 0.15) is 0 Å². The fraction of sp³-hybridized carbons (Fsp3) is 0. The number of para-hydroxylation sites is 3. The van der Waals surface area contributed by atoms with Crippen LogP contribution in [-0.2, 0) is 0 Å². The van der Waals surface area contributed by atoms with Crippen LogP contribution < -0.4 is 0 Å². The summed E-state index contributed by atoms with van der Waals surface area (Å²) in [4.78, 5) is 14.6. The molecule has 0 aliphatic carbocycles. The Morgan fingerprint density at radius 3 is 1.57 bits per heavy atom. The van der Waals surface area contributed by atoms with Gasteiger partial charge in [0, 0.05) is 47.3 Å². The van der Waals surface area contributed by atoms with E-state index in [2.05, 4.69) is 30.3 Å². The number of rotatable bonds is 6. The predicted octanol–water partition coefficient (Wildman–Crippen LogP) is 15.1. The number of thiophene rings is 1. The first kappa shape index (κ1) is 21.1. The third-order valence-electron chi connectivity index (χ3n) is 11.0. The molecule has 0 spiro atoms. The molecule has 0 unspecified atom stereocenters. The third kappa shape index (κ3) is 5.80. The molecule has 294 valence electrons. The highest BCUT2D eigenvalue weighted by Crippen LogP contribution is 2.39. The molecule has 0 atom stereocenters. The second-order valence-electron chi connectivity index (χ2n) is 14.5. The standard InChI is InChI=1S/C57H35N5S/c1-2-13-36(14-3-1)40-29-31-46-45-19-6-10-23-51(45)62(52(46)34-40)57-59-55(58-56(60-57)61-49-21-8-4-17-43(49)44-18-5-9-22-50(44)61)42-16-12-15-39(33-42)37-25-27-38(28-26-37)41-30-32-48-47-20-7-11-24-53(47)63-54(48)35-41/h1-35H/i1D,2D,3D,4D,5D,6D,8D,9D,10D,13D,14D,17D,18D,19D,21D,22D,23D,29D,31D,34D. The van der Waals surface area contributed by atoms with E-state index >= 15 is 0 Å². The molecule has 9 aromatic carbocycles. The lowest BCUT2D eigenvalue weighted by atomic mass is 9.98. The molecule has 13 rings (SSSR count). The fourth-order valence-electron chi connectivity index (χ4n) is 8.11. The molecule has 0 radical (unpaired) electrons. The van der Waals surface area contributed by atoms with Crippen LogP contribution in [0.15, 0.2) is 212 Å². The van der Waals surface area contributed by atoms with Crippen molar-refractivity contribution in [1.82, 2.24) is 24.1 Å². The van der Waals surface area contributed by atoms with Gasteiger partial charge in [0.2, 0.25) is 11.9 Å². The second kappa shape index (κ2) is 14.2. The van der Waals surface area contributed by atoms with Crippen molar-refractivity contribution in [2.75, 3.05) is 0 Å². The Balaban J connectivity index is 1.13. The van der Waals surface area contributed by atoms with Crippen molar-refractivity contribution in [2.24, 2.45) is 0 Å². The first-order valence-corrected chi connectivity index (χ1v) is 20.4. The summed E-state index contributed by atoms with van der Waals surface area (Å²) in [5, 5.41) is 0.903. The summed E-state index contributed by atoms with van der Waals surface area (Å²) in [5.41, 5.74) is 0.605. The molecular weight excluding hydrogens is 787 g/mol. The summed E-state index contributed by atoms with van der Waals surface area (Å²) >= 11 is 1.71. The molecule has 4 heterocycles. The van der Waals surface area contributed by atoms with Gasteiger partial charge in [-0.25, -0.2) is 0 Å². The van der Waals surface area contributed by atoms with Crippen molar-refractivity contribution in [3.63, 3.8) is 0 Å². The molecule has 0 saturated heterocycles. The molecule has 0 aliphatic heterocycles. The van der Waals surface area contributed by atoms with Crippen molar-refractivity contribution < 1.29 is 27.4 Å². The average molecular weight is 842 g/mol. The molecule has 0 fully saturated rings. The lowest BCUT2D eigenvalue weighted by molar-refractivity contribution is 0.893. The number of benzene rings is 9. The molecule has 0 aliphatic rings. The maximum absolute atomic E-state index is 9.92. The van der Waals surface area contributed by atoms with E-state index < -0.39 is 160 Å². The monoisotopic (exact) mass is 841 g/mol. The number of hydrogen-bond acceptors (Lipinski definition) is 4. The minimum absolute atomic E-state index is 0.229. The Morgan fingerprint density at radius 1 is 0.349 bits per heavy atom. The molecule has 0 bridgehead atoms. The first-order chi connectivity index (χ1) is 39.5. The number of fused-ring (bicyclic) bond motifs is 9. The van der Waals surface area contributed by atoms with Crippen LogP contribution in [-0.4, -0.2) is 24.1 Å². The van der Waals surface area contributed by atoms with E-state index in [9.17, 15) is 9.60 Å². The normalized spacial score (nSPS) is 16.3. The predicted molar refractivity (Wildman–Crippen MR) is 263 cm³/mol. The molecule has 4 aromatic heterocycles. The van der Waals surface area contributed by atoms with Gasteiger partial charge < -0.3 is 0 Å². The zero-order chi connectivity index (χ0) is 58.8. The lowest BCUT2D eigenvalue weighted by Gasteiger charge is -2.13. The fourth-order valence-corrected chi connectivity index (χ4v) is 9.26. The van der Waals surface area contributed by atoms with Crippen LogP contribution in [0, 0.1) is 0 Å². The van der Waals surface area contributed by atoms with Gasteiger partial charge in [-0.3, -0.25) is 9.13 Å². The molecule has 5 nitrogen and oxygen atoms in total. The van der Waals surface area contributed by atoms with E-state index in [-0.39, 0.29) is 38.6 Å². The van der Waals surface area contributed by atoms with E-state index in [0.29, 0.717) is 5.56 Å². The van der Waals surface area contributed by atoms with Gasteiger partial charge in [0.05, 0.1) is 49.5 Å². The van der Waals surface area contributed by atoms with Crippen molar-refractivity contribution in [3.05, 3.63) is 212 Å². The van der Waals surface area contributed by atoms with Crippen molar-refractivity contribution in [3.8, 4) is 56.7 Å². The Kier molecular flexibility index (Phi) is 4.75. The van der Waals surface area contributed by atoms with Gasteiger partial charge in [-0.2, -0.15) is 15.0 Å². The van der Waals surface area contributed by atoms with Crippen LogP contribution in [0.3, 0.4) is 0 Å². The van der Waals surface area contributed by atoms with Crippen molar-refractivity contribution in [1.29, 1.82) is 0 Å². The summed E-state index contributed by atoms with van der Waals surface area (Å²) < 4.78 is 184. The Hall–Kier alpha value is -8.19. The van der Waals surface area contributed by atoms with Crippen LogP contribution in [0.1, 0.15) is 27.4 Å². The van der Waals surface area contributed by atoms with Gasteiger partial charge >= 0.3 is 0 Å². The first-order valence-electron chi connectivity index (χ1n) is 29.5. The number of hydrogen-bond donors (Lipinski definition) is 0. The molecule has 13 aromatic rings. The van der Waals surface area contributed by atoms with Crippen LogP contribution >= 0.6 is 11.3 Å². The highest BCUT2D eigenvalue weighted by atomic mass is 32.1. The summed E-state index contributed by atoms with van der Waals surface area (Å²) in [7, 11) is 0. The smallest absolute Gasteiger partial charge is 0.240 e. The highest BCUT2D eigenvalue weighted by Gasteiger charge is 2.21. The van der Waals surface area contributed by atoms with E-state index in [0.717, 1.165) is 35.9 Å². The Labute approximate surface area is 394 Å². The van der Waals surface area contributed by atoms with E-state index in [1.165, 1.54) is 10.1 Å². The van der Waals surface area contributed by atoms with Crippen molar-refractivity contribution in [2.45, 2.75) is 0 Å². The van der Waals surface area contributed by atoms with E-state index in [1.807, 2.05) is 42.5 Å². The van der Waals surface area contributed by atoms with Crippen LogP contribution in [0.2, 0.25) is 0 Å². The molecule has 6 heteroatoms. The second-order valence-corrected chi connectivity index (χ2v) is 15.6. The number of aromatic nitrogens is 5. The third-order valence-corrected chi connectivity index (χ3v) is 12.1. The number of nitrogens with zero attached hydrogens (tertiary/aromatic N) is 5. The average Bonchev–Trinajstić information content (AvgIpc) is 4.33. The summed E-state index contributed by atoms with van der Waals surface area (Å²) in [6, 6.07) is 14.2. The van der Waals surface area contributed by atoms with E-state index in [4.69, 9.17) is 32.8 Å². The molecule has 0 amide bonds. The molecule has 63 heavy (non-hydrogen) atoms. The maximum Gasteiger partial charge on any atom is 0.240 e. The largest absolute Gasteiger partial charge is 0.278 e. The summed E-state index contributed by atoms with van der Waals surface area (Å²) in [5.74, 6) is -1.37. The minimum Gasteiger partial charge on any atom is -0.278 e. The summed E-state index contributed by atoms with van der Waals surface area (Å²) in [6.07, 6.45) is 0. The van der Waals surface area contributed by atoms with Crippen molar-refractivity contribution >= 4 is 75.1 Å². The van der Waals surface area contributed by atoms with Gasteiger partial charge in [-0.1, -0.05) is 169 Å². The lowest BCUT2D eigenvalue weighted by Crippen LogP contribution is -2.10. The maximum atomic E-state index is 9.92. The van der Waals surface area contributed by atoms with Gasteiger partial charge in [0.25, 0.3) is 0 Å². The molecule has 0 saturated carbocycles. The van der Waals surface area contributed by atoms with Gasteiger partial charge in [0.15, 0.2) is 5.82 Å². The van der Waals surface area contributed by atoms with Crippen LogP contribution in [0.5, 0.6) is 0 Å². The van der Waals surface area contributed by atoms with E-state index in [1.54, 1.807) is 29.5 Å². The van der Waals surface area contributed by atoms with Crippen LogP contribution in [0.4, 0.5) is 0 Å². The SMILES string of the molecule is [2H]c1c([2H])c([2H])c(-c2c([2H])c([2H])c3c4c([2H])c([2H])c([2H])c([2H])c4n(-c4nc(-c5cccc(-c6ccc(-c7ccc8c(c7)sc7ccccc78)cc6)c5)nc(-n5c6c([2H])c([2H])c([2H])c([2H])c6c6c([2H])c([2H])c([2H])c([2H])c65)n4)c3c2[2H])c([2H])c1[2H]. The van der Waals surface area contributed by atoms with Gasteiger partial charge in [-0.05, 0) is 75.7 Å². The quantitative estimate of drug-likeness (QED) is 0.168. The Morgan fingerprint density at radius 2 is 0.889 bits per heavy atom. The zero-order valence-corrected chi connectivity index (χ0v) is 33.1. The Bertz CT molecular complexity index is 5010. The molecular formula is C57H35N5S. The highest BCUT2D eigenvalue weighted by molar-refractivity contribution is 7.25. The summed E-state index contributed by atoms with van der Waals surface area (Å²) in [6.45, 7) is 0. The zero-order valence-electron chi connectivity index (χ0n) is 52.3. The molecule has 0 N–H and O–H groups in total. The van der Waals surface area contributed by atoms with Crippen LogP contribution in [0.25, 0.3) is 120 Å². The minimum atomic E-state index is -0.822. The topological polar surface area (TPSA) is 48.5 Å². The van der Waals surface area contributed by atoms with Gasteiger partial charge in [-0.15, -0.1) is 11.3 Å².